The predicted octanol–water partition coefficient (Wildman–Crippen LogP) is -0.625. The van der Waals surface area contributed by atoms with E-state index < -0.39 is 133 Å². The molecule has 2 unspecified atom stereocenters. The molecule has 2 aromatic heterocycles. The van der Waals surface area contributed by atoms with Crippen molar-refractivity contribution in [3.63, 3.8) is 0 Å². The van der Waals surface area contributed by atoms with Crippen LogP contribution in [-0.4, -0.2) is 176 Å². The molecule has 0 aliphatic carbocycles. The minimum Gasteiger partial charge on any atom is -0.461 e. The van der Waals surface area contributed by atoms with E-state index in [1.54, 1.807) is 76.2 Å². The quantitative estimate of drug-likeness (QED) is 0.0805. The molecule has 0 saturated carbocycles. The second-order valence-electron chi connectivity index (χ2n) is 18.0. The first-order valence-electron chi connectivity index (χ1n) is 23.4. The van der Waals surface area contributed by atoms with E-state index in [0.29, 0.717) is 22.1 Å². The second-order valence-corrected chi connectivity index (χ2v) is 18.8. The molecule has 4 aromatic rings. The third kappa shape index (κ3) is 14.4. The first-order chi connectivity index (χ1) is 35.1. The summed E-state index contributed by atoms with van der Waals surface area (Å²) in [6.45, 7) is 7.33. The smallest absolute Gasteiger partial charge is 0.329 e. The number of thiol groups is 2. The number of fused-ring (bicyclic) bond motifs is 2. The number of cyclic esters (lactones) is 2. The van der Waals surface area contributed by atoms with Gasteiger partial charge in [0, 0.05) is 25.6 Å². The maximum Gasteiger partial charge on any atom is 0.329 e. The van der Waals surface area contributed by atoms with Gasteiger partial charge in [-0.1, -0.05) is 52.0 Å². The van der Waals surface area contributed by atoms with Crippen molar-refractivity contribution < 1.29 is 57.4 Å². The Bertz CT molecular complexity index is 2600. The summed E-state index contributed by atoms with van der Waals surface area (Å²) in [5, 5.41) is 14.9. The van der Waals surface area contributed by atoms with Crippen LogP contribution in [0.2, 0.25) is 0 Å². The molecule has 24 nitrogen and oxygen atoms in total. The largest absolute Gasteiger partial charge is 0.461 e. The van der Waals surface area contributed by atoms with Crippen LogP contribution < -0.4 is 31.9 Å². The Balaban J connectivity index is 1.47. The van der Waals surface area contributed by atoms with Crippen molar-refractivity contribution in [3.8, 4) is 0 Å². The van der Waals surface area contributed by atoms with Gasteiger partial charge in [0.05, 0.1) is 34.5 Å². The van der Waals surface area contributed by atoms with E-state index in [0.717, 1.165) is 9.80 Å². The topological polar surface area (TPSA) is 319 Å². The average Bonchev–Trinajstić information content (AvgIpc) is 3.37. The maximum absolute atomic E-state index is 14.0. The van der Waals surface area contributed by atoms with E-state index in [-0.39, 0.29) is 22.9 Å². The summed E-state index contributed by atoms with van der Waals surface area (Å²) in [6.07, 6.45) is 2.36. The molecule has 26 heteroatoms. The van der Waals surface area contributed by atoms with Gasteiger partial charge in [-0.05, 0) is 49.9 Å². The molecular weight excluding hydrogens is 1000 g/mol. The molecule has 6 N–H and O–H groups in total. The molecule has 2 aromatic carbocycles. The number of rotatable bonds is 8. The number of carbonyl (C=O) groups is 10. The van der Waals surface area contributed by atoms with Crippen LogP contribution in [0.3, 0.4) is 0 Å². The lowest BCUT2D eigenvalue weighted by atomic mass is 10.0. The van der Waals surface area contributed by atoms with Crippen LogP contribution in [0.5, 0.6) is 0 Å². The van der Waals surface area contributed by atoms with Crippen molar-refractivity contribution >= 4 is 107 Å². The molecule has 74 heavy (non-hydrogen) atoms. The fourth-order valence-electron chi connectivity index (χ4n) is 7.71. The number of hydrogen-bond donors (Lipinski definition) is 8. The minimum absolute atomic E-state index is 0.203. The molecule has 0 bridgehead atoms. The van der Waals surface area contributed by atoms with E-state index in [1.807, 2.05) is 0 Å². The van der Waals surface area contributed by atoms with Crippen molar-refractivity contribution in [1.29, 1.82) is 0 Å². The van der Waals surface area contributed by atoms with Gasteiger partial charge < -0.3 is 51.2 Å². The molecule has 1 aliphatic rings. The monoisotopic (exact) mass is 1060 g/mol. The summed E-state index contributed by atoms with van der Waals surface area (Å²) < 4.78 is 11.2. The van der Waals surface area contributed by atoms with Crippen LogP contribution in [0.1, 0.15) is 62.5 Å². The lowest BCUT2D eigenvalue weighted by Crippen LogP contribution is -2.60. The Hall–Kier alpha value is -7.48. The second kappa shape index (κ2) is 26.0. The molecule has 0 spiro atoms. The maximum atomic E-state index is 14.0. The van der Waals surface area contributed by atoms with Gasteiger partial charge in [-0.15, -0.1) is 0 Å². The van der Waals surface area contributed by atoms with Gasteiger partial charge in [-0.2, -0.15) is 25.3 Å². The van der Waals surface area contributed by atoms with E-state index in [4.69, 9.17) is 9.47 Å². The zero-order valence-corrected chi connectivity index (χ0v) is 43.6. The number of para-hydroxylation sites is 4. The molecule has 8 amide bonds. The molecule has 1 aliphatic heterocycles. The Morgan fingerprint density at radius 3 is 1.24 bits per heavy atom. The number of benzene rings is 2. The Morgan fingerprint density at radius 1 is 0.581 bits per heavy atom. The third-order valence-corrected chi connectivity index (χ3v) is 12.5. The van der Waals surface area contributed by atoms with E-state index in [2.05, 4.69) is 77.1 Å². The van der Waals surface area contributed by atoms with Crippen molar-refractivity contribution in [3.05, 3.63) is 72.3 Å². The highest BCUT2D eigenvalue weighted by atomic mass is 32.1. The van der Waals surface area contributed by atoms with Crippen LogP contribution >= 0.6 is 25.3 Å². The van der Waals surface area contributed by atoms with Gasteiger partial charge in [0.1, 0.15) is 72.9 Å². The summed E-state index contributed by atoms with van der Waals surface area (Å²) in [5.74, 6) is -11.2. The van der Waals surface area contributed by atoms with Crippen LogP contribution in [-0.2, 0) is 47.8 Å². The number of nitrogens with zero attached hydrogens (tertiary/aromatic N) is 6. The number of likely N-dealkylation sites (N-methyl/N-ethyl adjacent to an activating group) is 2. The molecule has 1 fully saturated rings. The number of aromatic nitrogens is 4. The van der Waals surface area contributed by atoms with Gasteiger partial charge in [0.15, 0.2) is 0 Å². The highest BCUT2D eigenvalue weighted by Crippen LogP contribution is 2.17. The fraction of sp³-hybridized carbons (Fsp3) is 0.458. The molecule has 3 heterocycles. The molecular formula is C48H60N12O12S2. The normalized spacial score (nSPS) is 23.9. The van der Waals surface area contributed by atoms with Crippen molar-refractivity contribution in [2.24, 2.45) is 11.8 Å². The molecule has 396 valence electrons. The number of nitrogens with one attached hydrogen (secondary N) is 6. The predicted molar refractivity (Wildman–Crippen MR) is 273 cm³/mol. The lowest BCUT2D eigenvalue weighted by molar-refractivity contribution is -0.158. The molecule has 5 rings (SSSR count). The summed E-state index contributed by atoms with van der Waals surface area (Å²) >= 11 is 8.54. The van der Waals surface area contributed by atoms with E-state index in [9.17, 15) is 47.9 Å². The van der Waals surface area contributed by atoms with Gasteiger partial charge in [0.2, 0.25) is 35.4 Å². The lowest BCUT2D eigenvalue weighted by Gasteiger charge is -2.33. The molecule has 0 radical (unpaired) electrons. The van der Waals surface area contributed by atoms with E-state index in [1.165, 1.54) is 40.3 Å². The number of ether oxygens (including phenoxy) is 2. The summed E-state index contributed by atoms with van der Waals surface area (Å²) in [7, 11) is 2.56. The van der Waals surface area contributed by atoms with Crippen LogP contribution in [0.25, 0.3) is 22.1 Å². The Morgan fingerprint density at radius 2 is 0.919 bits per heavy atom. The molecule has 8 atom stereocenters. The average molecular weight is 1060 g/mol. The first-order valence-corrected chi connectivity index (χ1v) is 24.7. The van der Waals surface area contributed by atoms with E-state index >= 15 is 0 Å². The number of amides is 8. The van der Waals surface area contributed by atoms with Crippen molar-refractivity contribution in [2.75, 3.05) is 38.8 Å². The van der Waals surface area contributed by atoms with Gasteiger partial charge >= 0.3 is 11.9 Å². The number of hydrogen-bond acceptors (Lipinski definition) is 18. The van der Waals surface area contributed by atoms with Crippen molar-refractivity contribution in [1.82, 2.24) is 61.6 Å². The summed E-state index contributed by atoms with van der Waals surface area (Å²) in [5.41, 5.74) is 1.28. The SMILES string of the molecule is CC(C)C1C(=O)OC[C@H](NC(=O)c2cnc3ccccc3n2)C(=O)N[C@@H](C)C(=O)N[C@@H](CS)C(=O)N(C)C(C(C)C)C(=O)OC[C@H](NC(=O)c2cnc3ccccc3n2)C(=O)N[C@@H](C)C(=O)N[C@@H](CS)C(=O)N1C. The van der Waals surface area contributed by atoms with Gasteiger partial charge in [-0.25, -0.2) is 19.6 Å². The zero-order chi connectivity index (χ0) is 54.6. The van der Waals surface area contributed by atoms with Gasteiger partial charge in [-0.3, -0.25) is 48.3 Å². The van der Waals surface area contributed by atoms with Crippen LogP contribution in [0, 0.1) is 11.8 Å². The first kappa shape index (κ1) is 57.4. The fourth-order valence-corrected chi connectivity index (χ4v) is 8.20. The number of esters is 2. The third-order valence-electron chi connectivity index (χ3n) is 11.8. The zero-order valence-electron chi connectivity index (χ0n) is 41.9. The van der Waals surface area contributed by atoms with Crippen LogP contribution in [0.15, 0.2) is 60.9 Å². The van der Waals surface area contributed by atoms with Crippen LogP contribution in [0.4, 0.5) is 0 Å². The number of carbonyl (C=O) groups excluding carboxylic acids is 10. The van der Waals surface area contributed by atoms with Crippen molar-refractivity contribution in [2.45, 2.75) is 89.9 Å². The summed E-state index contributed by atoms with van der Waals surface area (Å²) in [4.78, 5) is 158. The standard InChI is InChI=1S/C48H60N12O12S2/c1-23(2)37-47(69)71-19-33(55-41(63)31-17-49-27-13-9-11-15-29(27)53-31)43(65)51-26(6)40(62)58-36(22-74)46(68)60(8)38(24(3)4)48(70)72-20-34(56-42(64)32-18-50-28-14-10-12-16-30(28)54-32)44(66)52-25(5)39(61)57-35(21-73)45(67)59(37)7/h9-18,23-26,33-38,73-74H,19-22H2,1-8H3,(H,51,65)(H,52,66)(H,55,63)(H,56,64)(H,57,61)(H,58,62)/t25-,26-,33-,34-,35-,36-,37?,38?/m0/s1. The Kier molecular flexibility index (Phi) is 20.1. The van der Waals surface area contributed by atoms with Gasteiger partial charge in [0.25, 0.3) is 11.8 Å². The summed E-state index contributed by atoms with van der Waals surface area (Å²) in [6, 6.07) is 1.73. The molecule has 1 saturated heterocycles. The highest BCUT2D eigenvalue weighted by Gasteiger charge is 2.39. The Labute approximate surface area is 436 Å². The minimum atomic E-state index is -1.69. The highest BCUT2D eigenvalue weighted by molar-refractivity contribution is 7.80.